The summed E-state index contributed by atoms with van der Waals surface area (Å²) in [4.78, 5) is 13.1. The lowest BCUT2D eigenvalue weighted by molar-refractivity contribution is -0.117. The molecule has 0 bridgehead atoms. The topological polar surface area (TPSA) is 79.9 Å². The highest BCUT2D eigenvalue weighted by molar-refractivity contribution is 6.31. The molecule has 1 unspecified atom stereocenters. The van der Waals surface area contributed by atoms with Crippen molar-refractivity contribution in [2.45, 2.75) is 19.6 Å². The first-order chi connectivity index (χ1) is 20.0. The maximum absolute atomic E-state index is 13.1. The summed E-state index contributed by atoms with van der Waals surface area (Å²) in [6, 6.07) is 36.2. The number of nitriles is 1. The van der Waals surface area contributed by atoms with Crippen molar-refractivity contribution in [2.75, 3.05) is 0 Å². The number of para-hydroxylation sites is 1. The largest absolute Gasteiger partial charge is 0.489 e. The molecule has 202 valence electrons. The van der Waals surface area contributed by atoms with Gasteiger partial charge in [-0.15, -0.1) is 0 Å². The van der Waals surface area contributed by atoms with Crippen molar-refractivity contribution in [2.24, 2.45) is 0 Å². The van der Waals surface area contributed by atoms with Crippen molar-refractivity contribution in [3.05, 3.63) is 143 Å². The van der Waals surface area contributed by atoms with E-state index >= 15 is 0 Å². The van der Waals surface area contributed by atoms with Crippen LogP contribution in [0.15, 0.2) is 121 Å². The van der Waals surface area contributed by atoms with E-state index in [0.717, 1.165) is 22.4 Å². The van der Waals surface area contributed by atoms with Crippen molar-refractivity contribution in [3.8, 4) is 28.8 Å². The molecule has 4 aromatic carbocycles. The standard InChI is InChI=1S/C34H27ClN4O2/c1-24(25-10-4-2-5-11-25)37-34(40)28(21-36)20-29-22-39(30-13-6-3-7-14-30)38-33(29)26-16-18-31(19-17-26)41-23-27-12-8-9-15-32(27)35/h2-20,22,24H,23H2,1H3,(H,37,40). The van der Waals surface area contributed by atoms with Gasteiger partial charge in [0.15, 0.2) is 0 Å². The SMILES string of the molecule is CC(NC(=O)C(C#N)=Cc1cn(-c2ccccc2)nc1-c1ccc(OCc2ccccc2Cl)cc1)c1ccccc1. The summed E-state index contributed by atoms with van der Waals surface area (Å²) in [5.74, 6) is 0.228. The van der Waals surface area contributed by atoms with Crippen LogP contribution in [-0.4, -0.2) is 15.7 Å². The fourth-order valence-corrected chi connectivity index (χ4v) is 4.51. The molecule has 5 rings (SSSR count). The number of nitrogens with one attached hydrogen (secondary N) is 1. The quantitative estimate of drug-likeness (QED) is 0.149. The number of ether oxygens (including phenoxy) is 1. The Bertz CT molecular complexity index is 1710. The third-order valence-electron chi connectivity index (χ3n) is 6.56. The third kappa shape index (κ3) is 6.73. The number of hydrogen-bond acceptors (Lipinski definition) is 4. The van der Waals surface area contributed by atoms with E-state index in [1.54, 1.807) is 10.8 Å². The number of nitrogens with zero attached hydrogens (tertiary/aromatic N) is 3. The molecule has 7 heteroatoms. The highest BCUT2D eigenvalue weighted by Gasteiger charge is 2.17. The molecule has 0 aliphatic carbocycles. The van der Waals surface area contributed by atoms with Gasteiger partial charge in [0, 0.05) is 27.9 Å². The first-order valence-corrected chi connectivity index (χ1v) is 13.5. The molecule has 1 heterocycles. The van der Waals surface area contributed by atoms with Gasteiger partial charge in [0.05, 0.1) is 17.4 Å². The van der Waals surface area contributed by atoms with Crippen LogP contribution in [0.4, 0.5) is 0 Å². The summed E-state index contributed by atoms with van der Waals surface area (Å²) in [5, 5.41) is 18.3. The molecule has 1 atom stereocenters. The molecule has 1 aromatic heterocycles. The number of aromatic nitrogens is 2. The highest BCUT2D eigenvalue weighted by Crippen LogP contribution is 2.28. The van der Waals surface area contributed by atoms with E-state index < -0.39 is 5.91 Å². The molecule has 6 nitrogen and oxygen atoms in total. The van der Waals surface area contributed by atoms with Crippen LogP contribution in [-0.2, 0) is 11.4 Å². The second-order valence-corrected chi connectivity index (χ2v) is 9.80. The van der Waals surface area contributed by atoms with Crippen LogP contribution in [0.1, 0.15) is 29.7 Å². The molecule has 5 aromatic rings. The molecule has 0 radical (unpaired) electrons. The predicted octanol–water partition coefficient (Wildman–Crippen LogP) is 7.56. The number of amides is 1. The smallest absolute Gasteiger partial charge is 0.262 e. The zero-order chi connectivity index (χ0) is 28.6. The summed E-state index contributed by atoms with van der Waals surface area (Å²) in [5.41, 5.74) is 4.77. The number of carbonyl (C=O) groups is 1. The number of rotatable bonds is 9. The van der Waals surface area contributed by atoms with E-state index in [4.69, 9.17) is 21.4 Å². The van der Waals surface area contributed by atoms with Crippen LogP contribution < -0.4 is 10.1 Å². The van der Waals surface area contributed by atoms with Gasteiger partial charge in [-0.1, -0.05) is 78.3 Å². The van der Waals surface area contributed by atoms with Crippen molar-refractivity contribution in [1.82, 2.24) is 15.1 Å². The van der Waals surface area contributed by atoms with Gasteiger partial charge < -0.3 is 10.1 Å². The number of halogens is 1. The van der Waals surface area contributed by atoms with Gasteiger partial charge in [0.25, 0.3) is 5.91 Å². The average Bonchev–Trinajstić information content (AvgIpc) is 3.44. The summed E-state index contributed by atoms with van der Waals surface area (Å²) < 4.78 is 7.68. The Hall–Kier alpha value is -5.12. The molecule has 41 heavy (non-hydrogen) atoms. The van der Waals surface area contributed by atoms with Gasteiger partial charge in [-0.2, -0.15) is 10.4 Å². The Kier molecular flexibility index (Phi) is 8.58. The Morgan fingerprint density at radius 3 is 2.32 bits per heavy atom. The molecule has 1 N–H and O–H groups in total. The first kappa shape index (κ1) is 27.4. The molecule has 0 aliphatic rings. The highest BCUT2D eigenvalue weighted by atomic mass is 35.5. The third-order valence-corrected chi connectivity index (χ3v) is 6.92. The Morgan fingerprint density at radius 1 is 0.976 bits per heavy atom. The summed E-state index contributed by atoms with van der Waals surface area (Å²) in [6.45, 7) is 2.23. The van der Waals surface area contributed by atoms with Crippen LogP contribution in [0.3, 0.4) is 0 Å². The van der Waals surface area contributed by atoms with Crippen molar-refractivity contribution in [1.29, 1.82) is 5.26 Å². The fraction of sp³-hybridized carbons (Fsp3) is 0.0882. The van der Waals surface area contributed by atoms with Crippen molar-refractivity contribution >= 4 is 23.6 Å². The molecule has 0 saturated heterocycles. The lowest BCUT2D eigenvalue weighted by atomic mass is 10.0. The maximum Gasteiger partial charge on any atom is 0.262 e. The normalized spacial score (nSPS) is 11.9. The second-order valence-electron chi connectivity index (χ2n) is 9.39. The second kappa shape index (κ2) is 12.8. The van der Waals surface area contributed by atoms with Gasteiger partial charge in [-0.3, -0.25) is 4.79 Å². The summed E-state index contributed by atoms with van der Waals surface area (Å²) in [6.07, 6.45) is 3.40. The molecule has 0 saturated carbocycles. The predicted molar refractivity (Wildman–Crippen MR) is 161 cm³/mol. The lowest BCUT2D eigenvalue weighted by Crippen LogP contribution is -2.27. The van der Waals surface area contributed by atoms with Crippen molar-refractivity contribution in [3.63, 3.8) is 0 Å². The number of benzene rings is 4. The van der Waals surface area contributed by atoms with Gasteiger partial charge in [0.1, 0.15) is 24.0 Å². The van der Waals surface area contributed by atoms with Gasteiger partial charge in [0.2, 0.25) is 0 Å². The maximum atomic E-state index is 13.1. The summed E-state index contributed by atoms with van der Waals surface area (Å²) >= 11 is 6.25. The Balaban J connectivity index is 1.43. The first-order valence-electron chi connectivity index (χ1n) is 13.1. The average molecular weight is 559 g/mol. The fourth-order valence-electron chi connectivity index (χ4n) is 4.32. The van der Waals surface area contributed by atoms with E-state index in [0.29, 0.717) is 28.6 Å². The van der Waals surface area contributed by atoms with Crippen LogP contribution >= 0.6 is 11.6 Å². The molecule has 0 fully saturated rings. The minimum atomic E-state index is -0.453. The van der Waals surface area contributed by atoms with Crippen LogP contribution in [0.25, 0.3) is 23.0 Å². The van der Waals surface area contributed by atoms with Gasteiger partial charge >= 0.3 is 0 Å². The molecular weight excluding hydrogens is 532 g/mol. The number of carbonyl (C=O) groups excluding carboxylic acids is 1. The van der Waals surface area contributed by atoms with Crippen LogP contribution in [0.2, 0.25) is 5.02 Å². The zero-order valence-corrected chi connectivity index (χ0v) is 23.1. The minimum Gasteiger partial charge on any atom is -0.489 e. The van der Waals surface area contributed by atoms with Crippen LogP contribution in [0.5, 0.6) is 5.75 Å². The Labute approximate surface area is 244 Å². The van der Waals surface area contributed by atoms with E-state index in [1.165, 1.54) is 0 Å². The molecule has 0 aliphatic heterocycles. The van der Waals surface area contributed by atoms with E-state index in [1.807, 2.05) is 122 Å². The molecular formula is C34H27ClN4O2. The molecule has 0 spiro atoms. The zero-order valence-electron chi connectivity index (χ0n) is 22.4. The van der Waals surface area contributed by atoms with Crippen molar-refractivity contribution < 1.29 is 9.53 Å². The minimum absolute atomic E-state index is 0.0127. The van der Waals surface area contributed by atoms with E-state index in [-0.39, 0.29) is 11.6 Å². The summed E-state index contributed by atoms with van der Waals surface area (Å²) in [7, 11) is 0. The van der Waals surface area contributed by atoms with Gasteiger partial charge in [-0.25, -0.2) is 4.68 Å². The van der Waals surface area contributed by atoms with E-state index in [9.17, 15) is 10.1 Å². The van der Waals surface area contributed by atoms with E-state index in [2.05, 4.69) is 11.4 Å². The monoisotopic (exact) mass is 558 g/mol. The molecule has 1 amide bonds. The lowest BCUT2D eigenvalue weighted by Gasteiger charge is -2.13. The van der Waals surface area contributed by atoms with Crippen LogP contribution in [0, 0.1) is 11.3 Å². The Morgan fingerprint density at radius 2 is 1.63 bits per heavy atom. The number of hydrogen-bond donors (Lipinski definition) is 1. The van der Waals surface area contributed by atoms with Gasteiger partial charge in [-0.05, 0) is 61.0 Å².